The van der Waals surface area contributed by atoms with E-state index < -0.39 is 15.8 Å². The number of morpholine rings is 1. The van der Waals surface area contributed by atoms with E-state index >= 15 is 0 Å². The monoisotopic (exact) mass is 402 g/mol. The Kier molecular flexibility index (Phi) is 5.88. The maximum atomic E-state index is 12.5. The van der Waals surface area contributed by atoms with Gasteiger partial charge in [0.2, 0.25) is 0 Å². The Labute approximate surface area is 165 Å². The minimum Gasteiger partial charge on any atom is -0.490 e. The smallest absolute Gasteiger partial charge is 0.312 e. The molecule has 0 radical (unpaired) electrons. The second-order valence-corrected chi connectivity index (χ2v) is 6.16. The van der Waals surface area contributed by atoms with E-state index in [-0.39, 0.29) is 28.4 Å². The van der Waals surface area contributed by atoms with Gasteiger partial charge < -0.3 is 19.7 Å². The first-order chi connectivity index (χ1) is 13.9. The molecule has 152 valence electrons. The summed E-state index contributed by atoms with van der Waals surface area (Å²) in [5.41, 5.74) is 0.142. The van der Waals surface area contributed by atoms with E-state index in [4.69, 9.17) is 9.47 Å². The number of hydrogen-bond acceptors (Lipinski definition) is 8. The number of hydrogen-bond donors (Lipinski definition) is 1. The lowest BCUT2D eigenvalue weighted by molar-refractivity contribution is -0.385. The van der Waals surface area contributed by atoms with Crippen LogP contribution in [-0.2, 0) is 4.74 Å². The lowest BCUT2D eigenvalue weighted by Crippen LogP contribution is -2.36. The van der Waals surface area contributed by atoms with Gasteiger partial charge in [-0.25, -0.2) is 0 Å². The van der Waals surface area contributed by atoms with Crippen molar-refractivity contribution in [3.8, 4) is 5.75 Å². The largest absolute Gasteiger partial charge is 0.490 e. The quantitative estimate of drug-likeness (QED) is 0.575. The maximum absolute atomic E-state index is 12.5. The number of nitro groups is 2. The highest BCUT2D eigenvalue weighted by Gasteiger charge is 2.24. The lowest BCUT2D eigenvalue weighted by Gasteiger charge is -2.28. The number of ether oxygens (including phenoxy) is 2. The van der Waals surface area contributed by atoms with Gasteiger partial charge in [-0.2, -0.15) is 0 Å². The molecule has 1 fully saturated rings. The molecule has 0 atom stereocenters. The van der Waals surface area contributed by atoms with Crippen LogP contribution >= 0.6 is 0 Å². The number of nitrogens with one attached hydrogen (secondary N) is 1. The highest BCUT2D eigenvalue weighted by Crippen LogP contribution is 2.32. The Hall–Kier alpha value is -3.73. The number of nitro benzene ring substituents is 2. The number of carbonyl (C=O) groups excluding carboxylic acids is 1. The van der Waals surface area contributed by atoms with Crippen molar-refractivity contribution >= 4 is 28.7 Å². The van der Waals surface area contributed by atoms with Crippen molar-refractivity contribution in [1.82, 2.24) is 0 Å². The first-order valence-corrected chi connectivity index (χ1v) is 8.65. The fraction of sp³-hybridized carbons (Fsp3) is 0.278. The number of rotatable bonds is 6. The van der Waals surface area contributed by atoms with Crippen molar-refractivity contribution in [2.75, 3.05) is 43.6 Å². The second-order valence-electron chi connectivity index (χ2n) is 6.16. The number of carbonyl (C=O) groups is 1. The molecule has 1 amide bonds. The molecule has 11 heteroatoms. The summed E-state index contributed by atoms with van der Waals surface area (Å²) in [4.78, 5) is 35.8. The molecule has 1 N–H and O–H groups in total. The van der Waals surface area contributed by atoms with Gasteiger partial charge >= 0.3 is 5.69 Å². The summed E-state index contributed by atoms with van der Waals surface area (Å²) in [6, 6.07) is 8.16. The molecular weight excluding hydrogens is 384 g/mol. The molecule has 0 saturated carbocycles. The van der Waals surface area contributed by atoms with Crippen molar-refractivity contribution in [3.05, 3.63) is 62.2 Å². The first kappa shape index (κ1) is 20.0. The number of methoxy groups -OCH3 is 1. The third kappa shape index (κ3) is 4.41. The summed E-state index contributed by atoms with van der Waals surface area (Å²) in [5, 5.41) is 25.1. The van der Waals surface area contributed by atoms with Gasteiger partial charge in [-0.1, -0.05) is 0 Å². The van der Waals surface area contributed by atoms with E-state index in [0.29, 0.717) is 32.0 Å². The van der Waals surface area contributed by atoms with Gasteiger partial charge in [-0.05, 0) is 24.3 Å². The molecule has 29 heavy (non-hydrogen) atoms. The highest BCUT2D eigenvalue weighted by molar-refractivity contribution is 6.05. The summed E-state index contributed by atoms with van der Waals surface area (Å²) < 4.78 is 10.2. The maximum Gasteiger partial charge on any atom is 0.312 e. The first-order valence-electron chi connectivity index (χ1n) is 8.65. The van der Waals surface area contributed by atoms with Gasteiger partial charge in [0.1, 0.15) is 5.69 Å². The average Bonchev–Trinajstić information content (AvgIpc) is 2.73. The zero-order valence-electron chi connectivity index (χ0n) is 15.5. The summed E-state index contributed by atoms with van der Waals surface area (Å²) in [6.07, 6.45) is 0. The van der Waals surface area contributed by atoms with Crippen LogP contribution in [0.3, 0.4) is 0 Å². The molecule has 0 bridgehead atoms. The van der Waals surface area contributed by atoms with Crippen LogP contribution in [0.5, 0.6) is 5.75 Å². The summed E-state index contributed by atoms with van der Waals surface area (Å²) >= 11 is 0. The van der Waals surface area contributed by atoms with Gasteiger partial charge in [0.25, 0.3) is 11.6 Å². The van der Waals surface area contributed by atoms with E-state index in [9.17, 15) is 25.0 Å². The van der Waals surface area contributed by atoms with E-state index in [0.717, 1.165) is 6.07 Å². The van der Waals surface area contributed by atoms with Gasteiger partial charge in [0.15, 0.2) is 5.75 Å². The molecule has 0 unspecified atom stereocenters. The van der Waals surface area contributed by atoms with Gasteiger partial charge in [-0.15, -0.1) is 0 Å². The Morgan fingerprint density at radius 3 is 2.38 bits per heavy atom. The van der Waals surface area contributed by atoms with E-state index in [2.05, 4.69) is 5.32 Å². The fourth-order valence-corrected chi connectivity index (χ4v) is 3.00. The van der Waals surface area contributed by atoms with Gasteiger partial charge in [0, 0.05) is 36.5 Å². The van der Waals surface area contributed by atoms with Crippen molar-refractivity contribution in [2.45, 2.75) is 0 Å². The Morgan fingerprint density at radius 1 is 1.07 bits per heavy atom. The van der Waals surface area contributed by atoms with E-state index in [1.807, 2.05) is 4.90 Å². The van der Waals surface area contributed by atoms with Crippen molar-refractivity contribution in [3.63, 3.8) is 0 Å². The average molecular weight is 402 g/mol. The third-order valence-corrected chi connectivity index (χ3v) is 4.42. The molecule has 1 heterocycles. The summed E-state index contributed by atoms with van der Waals surface area (Å²) in [6.45, 7) is 1.97. The van der Waals surface area contributed by atoms with Crippen LogP contribution in [0, 0.1) is 20.2 Å². The molecule has 0 aliphatic carbocycles. The SMILES string of the molecule is COc1ccc(NC(=O)c2ccc(N3CCOCC3)c([N+](=O)[O-])c2)cc1[N+](=O)[O-]. The van der Waals surface area contributed by atoms with Gasteiger partial charge in [0.05, 0.1) is 30.2 Å². The van der Waals surface area contributed by atoms with Crippen molar-refractivity contribution < 1.29 is 24.1 Å². The molecule has 0 aromatic heterocycles. The van der Waals surface area contributed by atoms with E-state index in [1.54, 1.807) is 0 Å². The summed E-state index contributed by atoms with van der Waals surface area (Å²) in [7, 11) is 1.30. The molecule has 11 nitrogen and oxygen atoms in total. The predicted molar refractivity (Wildman–Crippen MR) is 104 cm³/mol. The van der Waals surface area contributed by atoms with Crippen LogP contribution in [0.4, 0.5) is 22.7 Å². The fourth-order valence-electron chi connectivity index (χ4n) is 3.00. The summed E-state index contributed by atoms with van der Waals surface area (Å²) in [5.74, 6) is -0.570. The predicted octanol–water partition coefficient (Wildman–Crippen LogP) is 2.60. The highest BCUT2D eigenvalue weighted by atomic mass is 16.6. The van der Waals surface area contributed by atoms with Crippen molar-refractivity contribution in [2.24, 2.45) is 0 Å². The molecule has 1 saturated heterocycles. The Bertz CT molecular complexity index is 957. The molecule has 1 aliphatic heterocycles. The second kappa shape index (κ2) is 8.52. The number of benzene rings is 2. The van der Waals surface area contributed by atoms with Crippen LogP contribution in [-0.4, -0.2) is 49.2 Å². The third-order valence-electron chi connectivity index (χ3n) is 4.42. The zero-order chi connectivity index (χ0) is 21.0. The van der Waals surface area contributed by atoms with Crippen LogP contribution in [0.25, 0.3) is 0 Å². The molecule has 0 spiro atoms. The Balaban J connectivity index is 1.86. The standard InChI is InChI=1S/C18H18N4O7/c1-28-17-5-3-13(11-16(17)22(26)27)19-18(23)12-2-4-14(15(10-12)21(24)25)20-6-8-29-9-7-20/h2-5,10-11H,6-9H2,1H3,(H,19,23). The zero-order valence-corrected chi connectivity index (χ0v) is 15.5. The Morgan fingerprint density at radius 2 is 1.76 bits per heavy atom. The van der Waals surface area contributed by atoms with Crippen LogP contribution in [0.2, 0.25) is 0 Å². The lowest BCUT2D eigenvalue weighted by atomic mass is 10.1. The van der Waals surface area contributed by atoms with Crippen LogP contribution < -0.4 is 15.0 Å². The minimum absolute atomic E-state index is 0.0542. The molecule has 3 rings (SSSR count). The number of nitrogens with zero attached hydrogens (tertiary/aromatic N) is 3. The normalized spacial score (nSPS) is 13.6. The number of amides is 1. The number of anilines is 2. The molecular formula is C18H18N4O7. The van der Waals surface area contributed by atoms with Gasteiger partial charge in [-0.3, -0.25) is 25.0 Å². The van der Waals surface area contributed by atoms with Crippen LogP contribution in [0.15, 0.2) is 36.4 Å². The van der Waals surface area contributed by atoms with Crippen molar-refractivity contribution in [1.29, 1.82) is 0 Å². The molecule has 2 aromatic carbocycles. The van der Waals surface area contributed by atoms with E-state index in [1.165, 1.54) is 37.4 Å². The molecule has 2 aromatic rings. The minimum atomic E-state index is -0.629. The topological polar surface area (TPSA) is 137 Å². The van der Waals surface area contributed by atoms with Crippen LogP contribution in [0.1, 0.15) is 10.4 Å². The molecule has 1 aliphatic rings.